The van der Waals surface area contributed by atoms with Gasteiger partial charge in [-0.05, 0) is 19.3 Å². The summed E-state index contributed by atoms with van der Waals surface area (Å²) in [7, 11) is 1.67. The third-order valence-corrected chi connectivity index (χ3v) is 3.85. The lowest BCUT2D eigenvalue weighted by Crippen LogP contribution is -2.49. The van der Waals surface area contributed by atoms with Crippen molar-refractivity contribution in [2.75, 3.05) is 26.8 Å². The molecular weight excluding hydrogens is 216 g/mol. The van der Waals surface area contributed by atoms with Crippen LogP contribution < -0.4 is 5.32 Å². The number of fused-ring (bicyclic) bond motifs is 2. The molecule has 0 aromatic carbocycles. The largest absolute Gasteiger partial charge is 0.383 e. The van der Waals surface area contributed by atoms with E-state index in [0.29, 0.717) is 25.1 Å². The number of rotatable bonds is 4. The topological polar surface area (TPSA) is 41.6 Å². The van der Waals surface area contributed by atoms with Crippen LogP contribution >= 0.6 is 0 Å². The molecule has 2 fully saturated rings. The Labute approximate surface area is 103 Å². The van der Waals surface area contributed by atoms with Crippen molar-refractivity contribution in [3.63, 3.8) is 0 Å². The fourth-order valence-electron chi connectivity index (χ4n) is 2.83. The normalized spacial score (nSPS) is 33.4. The lowest BCUT2D eigenvalue weighted by molar-refractivity contribution is -0.133. The van der Waals surface area contributed by atoms with Gasteiger partial charge in [0.15, 0.2) is 0 Å². The number of nitrogens with zero attached hydrogens (tertiary/aromatic N) is 1. The molecule has 2 rings (SSSR count). The number of carbonyl (C=O) groups is 1. The van der Waals surface area contributed by atoms with Gasteiger partial charge in [0.25, 0.3) is 0 Å². The van der Waals surface area contributed by atoms with E-state index in [2.05, 4.69) is 11.9 Å². The van der Waals surface area contributed by atoms with Gasteiger partial charge in [0, 0.05) is 32.2 Å². The molecule has 2 aliphatic heterocycles. The maximum atomic E-state index is 12.3. The first-order valence-electron chi connectivity index (χ1n) is 6.42. The van der Waals surface area contributed by atoms with Crippen LogP contribution in [0.5, 0.6) is 0 Å². The first-order valence-corrected chi connectivity index (χ1v) is 6.42. The SMILES string of the molecule is C=C[C@@H]1CN(CCOC)C(=O)[C@@H]2CCC[C@H]1N2. The summed E-state index contributed by atoms with van der Waals surface area (Å²) in [5, 5.41) is 3.47. The Morgan fingerprint density at radius 1 is 1.59 bits per heavy atom. The Morgan fingerprint density at radius 3 is 3.12 bits per heavy atom. The quantitative estimate of drug-likeness (QED) is 0.736. The number of methoxy groups -OCH3 is 1. The second-order valence-corrected chi connectivity index (χ2v) is 4.93. The van der Waals surface area contributed by atoms with E-state index in [0.717, 1.165) is 25.8 Å². The molecule has 0 aliphatic carbocycles. The van der Waals surface area contributed by atoms with Crippen LogP contribution in [0.4, 0.5) is 0 Å². The van der Waals surface area contributed by atoms with Crippen molar-refractivity contribution in [1.29, 1.82) is 0 Å². The number of ether oxygens (including phenoxy) is 1. The molecule has 2 aliphatic rings. The van der Waals surface area contributed by atoms with E-state index in [1.165, 1.54) is 0 Å². The highest BCUT2D eigenvalue weighted by molar-refractivity contribution is 5.82. The molecule has 2 heterocycles. The zero-order chi connectivity index (χ0) is 12.3. The molecule has 0 radical (unpaired) electrons. The molecule has 2 saturated heterocycles. The van der Waals surface area contributed by atoms with Crippen LogP contribution in [0.25, 0.3) is 0 Å². The molecule has 4 nitrogen and oxygen atoms in total. The molecule has 0 saturated carbocycles. The van der Waals surface area contributed by atoms with E-state index in [1.54, 1.807) is 7.11 Å². The van der Waals surface area contributed by atoms with Crippen molar-refractivity contribution in [1.82, 2.24) is 10.2 Å². The van der Waals surface area contributed by atoms with Gasteiger partial charge in [0.1, 0.15) is 0 Å². The van der Waals surface area contributed by atoms with Crippen LogP contribution in [0, 0.1) is 5.92 Å². The molecule has 0 spiro atoms. The average molecular weight is 238 g/mol. The minimum absolute atomic E-state index is 0.00977. The molecule has 0 unspecified atom stereocenters. The van der Waals surface area contributed by atoms with Gasteiger partial charge >= 0.3 is 0 Å². The Balaban J connectivity index is 2.10. The Morgan fingerprint density at radius 2 is 2.41 bits per heavy atom. The molecule has 0 aromatic heterocycles. The van der Waals surface area contributed by atoms with Crippen LogP contribution in [0.1, 0.15) is 19.3 Å². The third kappa shape index (κ3) is 2.69. The minimum Gasteiger partial charge on any atom is -0.383 e. The smallest absolute Gasteiger partial charge is 0.239 e. The average Bonchev–Trinajstić information content (AvgIpc) is 2.46. The van der Waals surface area contributed by atoms with Gasteiger partial charge in [-0.2, -0.15) is 0 Å². The van der Waals surface area contributed by atoms with E-state index in [4.69, 9.17) is 4.74 Å². The van der Waals surface area contributed by atoms with Gasteiger partial charge in [-0.15, -0.1) is 6.58 Å². The molecule has 0 aromatic rings. The van der Waals surface area contributed by atoms with E-state index < -0.39 is 0 Å². The summed E-state index contributed by atoms with van der Waals surface area (Å²) in [6.45, 7) is 5.97. The van der Waals surface area contributed by atoms with Crippen molar-refractivity contribution in [3.8, 4) is 0 Å². The third-order valence-electron chi connectivity index (χ3n) is 3.85. The highest BCUT2D eigenvalue weighted by atomic mass is 16.5. The number of amides is 1. The monoisotopic (exact) mass is 238 g/mol. The summed E-state index contributed by atoms with van der Waals surface area (Å²) in [4.78, 5) is 14.2. The van der Waals surface area contributed by atoms with Gasteiger partial charge < -0.3 is 15.0 Å². The fraction of sp³-hybridized carbons (Fsp3) is 0.769. The lowest BCUT2D eigenvalue weighted by atomic mass is 9.91. The summed E-state index contributed by atoms with van der Waals surface area (Å²) in [6.07, 6.45) is 5.23. The number of hydrogen-bond acceptors (Lipinski definition) is 3. The Hall–Kier alpha value is -0.870. The van der Waals surface area contributed by atoms with E-state index >= 15 is 0 Å². The molecule has 4 heteroatoms. The first kappa shape index (κ1) is 12.6. The van der Waals surface area contributed by atoms with Crippen molar-refractivity contribution in [3.05, 3.63) is 12.7 Å². The van der Waals surface area contributed by atoms with Crippen LogP contribution in [-0.2, 0) is 9.53 Å². The molecule has 1 N–H and O–H groups in total. The maximum absolute atomic E-state index is 12.3. The first-order chi connectivity index (χ1) is 8.26. The van der Waals surface area contributed by atoms with Crippen LogP contribution in [0.3, 0.4) is 0 Å². The highest BCUT2D eigenvalue weighted by Gasteiger charge is 2.37. The Bertz CT molecular complexity index is 293. The van der Waals surface area contributed by atoms with Gasteiger partial charge in [-0.1, -0.05) is 6.08 Å². The molecule has 1 amide bonds. The number of carbonyl (C=O) groups excluding carboxylic acids is 1. The fourth-order valence-corrected chi connectivity index (χ4v) is 2.83. The van der Waals surface area contributed by atoms with Gasteiger partial charge in [-0.3, -0.25) is 4.79 Å². The number of hydrogen-bond donors (Lipinski definition) is 1. The zero-order valence-electron chi connectivity index (χ0n) is 10.5. The lowest BCUT2D eigenvalue weighted by Gasteiger charge is -2.29. The second-order valence-electron chi connectivity index (χ2n) is 4.93. The van der Waals surface area contributed by atoms with Crippen LogP contribution in [-0.4, -0.2) is 49.7 Å². The Kier molecular flexibility index (Phi) is 4.18. The molecule has 3 atom stereocenters. The van der Waals surface area contributed by atoms with Crippen molar-refractivity contribution < 1.29 is 9.53 Å². The van der Waals surface area contributed by atoms with Crippen LogP contribution in [0.2, 0.25) is 0 Å². The van der Waals surface area contributed by atoms with E-state index in [9.17, 15) is 4.79 Å². The zero-order valence-corrected chi connectivity index (χ0v) is 10.5. The predicted octanol–water partition coefficient (Wildman–Crippen LogP) is 0.788. The van der Waals surface area contributed by atoms with Crippen molar-refractivity contribution >= 4 is 5.91 Å². The van der Waals surface area contributed by atoms with Crippen LogP contribution in [0.15, 0.2) is 12.7 Å². The summed E-state index contributed by atoms with van der Waals surface area (Å²) < 4.78 is 5.07. The van der Waals surface area contributed by atoms with Gasteiger partial charge in [0.2, 0.25) is 5.91 Å². The summed E-state index contributed by atoms with van der Waals surface area (Å²) in [6, 6.07) is 0.429. The second kappa shape index (κ2) is 5.65. The van der Waals surface area contributed by atoms with Gasteiger partial charge in [-0.25, -0.2) is 0 Å². The predicted molar refractivity (Wildman–Crippen MR) is 66.7 cm³/mol. The van der Waals surface area contributed by atoms with E-state index in [-0.39, 0.29) is 11.9 Å². The molecular formula is C13H22N2O2. The molecule has 17 heavy (non-hydrogen) atoms. The number of piperidine rings is 1. The summed E-state index contributed by atoms with van der Waals surface area (Å²) in [5.74, 6) is 0.595. The maximum Gasteiger partial charge on any atom is 0.239 e. The number of nitrogens with one attached hydrogen (secondary N) is 1. The standard InChI is InChI=1S/C13H22N2O2/c1-3-10-9-15(7-8-17-2)13(16)12-6-4-5-11(10)14-12/h3,10-12,14H,1,4-9H2,2H3/t10-,11-,12+/m1/s1. The van der Waals surface area contributed by atoms with Gasteiger partial charge in [0.05, 0.1) is 12.6 Å². The summed E-state index contributed by atoms with van der Waals surface area (Å²) >= 11 is 0. The van der Waals surface area contributed by atoms with E-state index in [1.807, 2.05) is 11.0 Å². The molecule has 2 bridgehead atoms. The molecule has 96 valence electrons. The summed E-state index contributed by atoms with van der Waals surface area (Å²) in [5.41, 5.74) is 0. The van der Waals surface area contributed by atoms with Crippen molar-refractivity contribution in [2.45, 2.75) is 31.3 Å². The van der Waals surface area contributed by atoms with Crippen molar-refractivity contribution in [2.24, 2.45) is 5.92 Å². The highest BCUT2D eigenvalue weighted by Crippen LogP contribution is 2.25. The minimum atomic E-state index is 0.00977.